The van der Waals surface area contributed by atoms with E-state index in [9.17, 15) is 4.79 Å². The Labute approximate surface area is 76.6 Å². The van der Waals surface area contributed by atoms with Crippen LogP contribution < -0.4 is 11.8 Å². The van der Waals surface area contributed by atoms with Crippen molar-refractivity contribution >= 4 is 5.97 Å². The zero-order valence-electron chi connectivity index (χ0n) is 5.18. The number of carbonyl (C=O) groups excluding carboxylic acids is 1. The average Bonchev–Trinajstić information content (AvgIpc) is 1.99. The first-order chi connectivity index (χ1) is 4.74. The first-order valence-electron chi connectivity index (χ1n) is 2.07. The number of nitrogens with one attached hydrogen (secondary N) is 1. The Bertz CT molecular complexity index is 144. The molecule has 0 rings (SSSR count). The smallest absolute Gasteiger partial charge is 0.356 e. The normalized spacial score (nSPS) is 9.55. The van der Waals surface area contributed by atoms with Gasteiger partial charge in [0.15, 0.2) is 0 Å². The summed E-state index contributed by atoms with van der Waals surface area (Å²) in [5.74, 6) is 13.7. The van der Waals surface area contributed by atoms with Crippen molar-refractivity contribution in [1.29, 1.82) is 0 Å². The summed E-state index contributed by atoms with van der Waals surface area (Å²) in [5.41, 5.74) is 0. The van der Waals surface area contributed by atoms with Gasteiger partial charge in [0.25, 0.3) is 5.95 Å². The molecule has 0 unspecified atom stereocenters. The standard InChI is InChI=1S/C3H6N3O4.Pt/c4-8-2(7)1-3(9-5)10-6;/h1,5H,4,6H2;/q-1;. The first-order valence-corrected chi connectivity index (χ1v) is 2.07. The molecule has 5 N–H and O–H groups in total. The predicted molar refractivity (Wildman–Crippen MR) is 29.0 cm³/mol. The van der Waals surface area contributed by atoms with Gasteiger partial charge in [-0.3, -0.25) is 0 Å². The molecule has 11 heavy (non-hydrogen) atoms. The third kappa shape index (κ3) is 5.80. The molecule has 0 saturated heterocycles. The van der Waals surface area contributed by atoms with E-state index >= 15 is 0 Å². The number of nitrogens with two attached hydrogens (primary N) is 2. The van der Waals surface area contributed by atoms with E-state index < -0.39 is 11.9 Å². The molecule has 0 radical (unpaired) electrons. The molecule has 0 aliphatic rings. The van der Waals surface area contributed by atoms with E-state index in [0.29, 0.717) is 6.08 Å². The average molecular weight is 343 g/mol. The molecule has 0 aliphatic carbocycles. The Kier molecular flexibility index (Phi) is 8.85. The van der Waals surface area contributed by atoms with Gasteiger partial charge in [-0.05, 0) is 0 Å². The van der Waals surface area contributed by atoms with Crippen molar-refractivity contribution < 1.29 is 40.4 Å². The van der Waals surface area contributed by atoms with Gasteiger partial charge in [-0.15, -0.1) is 0 Å². The van der Waals surface area contributed by atoms with E-state index in [1.165, 1.54) is 0 Å². The zero-order valence-corrected chi connectivity index (χ0v) is 7.45. The molecule has 7 nitrogen and oxygen atoms in total. The maximum Gasteiger partial charge on any atom is 0.356 e. The summed E-state index contributed by atoms with van der Waals surface area (Å²) in [4.78, 5) is 21.4. The van der Waals surface area contributed by atoms with Gasteiger partial charge in [-0.1, -0.05) is 0 Å². The van der Waals surface area contributed by atoms with E-state index in [2.05, 4.69) is 26.3 Å². The van der Waals surface area contributed by atoms with Crippen LogP contribution in [0.2, 0.25) is 0 Å². The van der Waals surface area contributed by atoms with E-state index in [4.69, 9.17) is 5.90 Å². The van der Waals surface area contributed by atoms with Crippen molar-refractivity contribution in [3.8, 4) is 0 Å². The van der Waals surface area contributed by atoms with Gasteiger partial charge in [0, 0.05) is 21.1 Å². The maximum absolute atomic E-state index is 10.2. The molecular formula is C3H6N3O4Pt-. The Morgan fingerprint density at radius 3 is 2.18 bits per heavy atom. The molecule has 0 spiro atoms. The second-order valence-corrected chi connectivity index (χ2v) is 1.12. The summed E-state index contributed by atoms with van der Waals surface area (Å²) in [6, 6.07) is 0. The largest absolute Gasteiger partial charge is 0.562 e. The van der Waals surface area contributed by atoms with Gasteiger partial charge in [0.2, 0.25) is 0 Å². The molecule has 0 aromatic carbocycles. The zero-order chi connectivity index (χ0) is 7.98. The van der Waals surface area contributed by atoms with E-state index in [-0.39, 0.29) is 21.1 Å². The fourth-order valence-electron chi connectivity index (χ4n) is 0.218. The summed E-state index contributed by atoms with van der Waals surface area (Å²) >= 11 is 0. The molecule has 0 atom stereocenters. The molecule has 8 heteroatoms. The van der Waals surface area contributed by atoms with Crippen LogP contribution in [0, 0.1) is 0 Å². The number of carbonyl (C=O) groups is 1. The number of hydrogen-bond acceptors (Lipinski definition) is 6. The molecule has 0 saturated carbocycles. The molecule has 0 aromatic rings. The molecule has 0 aliphatic heterocycles. The Morgan fingerprint density at radius 2 is 1.91 bits per heavy atom. The first kappa shape index (κ1) is 13.0. The van der Waals surface area contributed by atoms with Gasteiger partial charge in [-0.2, -0.15) is 11.8 Å². The summed E-state index contributed by atoms with van der Waals surface area (Å²) < 4.78 is 0. The molecule has 0 fully saturated rings. The summed E-state index contributed by atoms with van der Waals surface area (Å²) in [7, 11) is 0. The van der Waals surface area contributed by atoms with Crippen LogP contribution in [-0.4, -0.2) is 5.97 Å². The fourth-order valence-corrected chi connectivity index (χ4v) is 0.218. The molecule has 0 aromatic heterocycles. The van der Waals surface area contributed by atoms with Crippen LogP contribution in [0.1, 0.15) is 0 Å². The second-order valence-electron chi connectivity index (χ2n) is 1.12. The molecular weight excluding hydrogens is 337 g/mol. The van der Waals surface area contributed by atoms with Gasteiger partial charge < -0.3 is 20.4 Å². The minimum Gasteiger partial charge on any atom is -0.562 e. The minimum absolute atomic E-state index is 0. The molecule has 68 valence electrons. The van der Waals surface area contributed by atoms with Crippen LogP contribution in [0.5, 0.6) is 0 Å². The van der Waals surface area contributed by atoms with Gasteiger partial charge in [-0.25, -0.2) is 4.79 Å². The van der Waals surface area contributed by atoms with Crippen LogP contribution in [0.15, 0.2) is 12.0 Å². The SMILES string of the molecule is [NH-]OC(=CC(=O)ON)ON.[Pt]. The number of hydrogen-bond donors (Lipinski definition) is 2. The Balaban J connectivity index is 0. The van der Waals surface area contributed by atoms with Crippen molar-refractivity contribution in [1.82, 2.24) is 0 Å². The third-order valence-corrected chi connectivity index (χ3v) is 0.569. The van der Waals surface area contributed by atoms with Crippen LogP contribution in [0.4, 0.5) is 0 Å². The summed E-state index contributed by atoms with van der Waals surface area (Å²) in [6.07, 6.45) is 0.674. The minimum atomic E-state index is -0.923. The van der Waals surface area contributed by atoms with E-state index in [1.807, 2.05) is 0 Å². The van der Waals surface area contributed by atoms with E-state index in [1.54, 1.807) is 0 Å². The number of rotatable bonds is 3. The molecule has 0 heterocycles. The van der Waals surface area contributed by atoms with Crippen molar-refractivity contribution in [2.75, 3.05) is 0 Å². The predicted octanol–water partition coefficient (Wildman–Crippen LogP) is -0.884. The molecule has 0 bridgehead atoms. The summed E-state index contributed by atoms with van der Waals surface area (Å²) in [5, 5.41) is 0. The van der Waals surface area contributed by atoms with Crippen LogP contribution >= 0.6 is 0 Å². The Morgan fingerprint density at radius 1 is 1.36 bits per heavy atom. The van der Waals surface area contributed by atoms with Crippen LogP contribution in [0.25, 0.3) is 5.90 Å². The van der Waals surface area contributed by atoms with Crippen LogP contribution in [0.3, 0.4) is 0 Å². The van der Waals surface area contributed by atoms with Crippen molar-refractivity contribution in [3.63, 3.8) is 0 Å². The molecule has 0 amide bonds. The second kappa shape index (κ2) is 7.48. The monoisotopic (exact) mass is 343 g/mol. The van der Waals surface area contributed by atoms with Crippen LogP contribution in [-0.2, 0) is 40.4 Å². The Hall–Kier alpha value is -0.622. The van der Waals surface area contributed by atoms with Gasteiger partial charge in [0.05, 0.1) is 0 Å². The quantitative estimate of drug-likeness (QED) is 0.390. The summed E-state index contributed by atoms with van der Waals surface area (Å²) in [6.45, 7) is 0. The van der Waals surface area contributed by atoms with Gasteiger partial charge in [0.1, 0.15) is 6.08 Å². The van der Waals surface area contributed by atoms with Crippen molar-refractivity contribution in [2.24, 2.45) is 11.8 Å². The maximum atomic E-state index is 10.2. The van der Waals surface area contributed by atoms with Crippen molar-refractivity contribution in [2.45, 2.75) is 0 Å². The fraction of sp³-hybridized carbons (Fsp3) is 0. The van der Waals surface area contributed by atoms with Gasteiger partial charge >= 0.3 is 5.97 Å². The topological polar surface area (TPSA) is 121 Å². The van der Waals surface area contributed by atoms with Crippen molar-refractivity contribution in [3.05, 3.63) is 17.9 Å². The third-order valence-electron chi connectivity index (χ3n) is 0.569. The van der Waals surface area contributed by atoms with E-state index in [0.717, 1.165) is 0 Å².